The van der Waals surface area contributed by atoms with Crippen molar-refractivity contribution in [3.63, 3.8) is 0 Å². The summed E-state index contributed by atoms with van der Waals surface area (Å²) in [7, 11) is 0. The molecule has 0 aromatic heterocycles. The molecule has 0 aliphatic heterocycles. The van der Waals surface area contributed by atoms with E-state index < -0.39 is 5.97 Å². The van der Waals surface area contributed by atoms with Crippen molar-refractivity contribution >= 4 is 11.9 Å². The minimum atomic E-state index is -0.485. The number of carbonyl (C=O) groups excluding carboxylic acids is 2. The van der Waals surface area contributed by atoms with Crippen molar-refractivity contribution in [1.82, 2.24) is 5.32 Å². The number of rotatable bonds is 5. The van der Waals surface area contributed by atoms with E-state index in [0.29, 0.717) is 5.56 Å². The van der Waals surface area contributed by atoms with Gasteiger partial charge in [0.15, 0.2) is 6.61 Å². The lowest BCUT2D eigenvalue weighted by Gasteiger charge is -2.15. The maximum absolute atomic E-state index is 12.0. The fourth-order valence-electron chi connectivity index (χ4n) is 2.23. The summed E-state index contributed by atoms with van der Waals surface area (Å²) in [6.07, 6.45) is 0. The SMILES string of the molecule is Cc1ccc([C@@H](C)NC(=O)COC(=O)c2ccccc2C)cc1. The number of amides is 1. The average molecular weight is 311 g/mol. The van der Waals surface area contributed by atoms with E-state index in [0.717, 1.165) is 11.1 Å². The van der Waals surface area contributed by atoms with Gasteiger partial charge >= 0.3 is 5.97 Å². The molecule has 0 saturated carbocycles. The molecular formula is C19H21NO3. The molecule has 2 aromatic rings. The number of hydrogen-bond donors (Lipinski definition) is 1. The number of ether oxygens (including phenoxy) is 1. The van der Waals surface area contributed by atoms with Crippen LogP contribution in [0.4, 0.5) is 0 Å². The van der Waals surface area contributed by atoms with Crippen molar-refractivity contribution in [2.24, 2.45) is 0 Å². The second kappa shape index (κ2) is 7.58. The molecule has 120 valence electrons. The number of esters is 1. The molecule has 0 aliphatic carbocycles. The molecule has 1 atom stereocenters. The molecule has 0 heterocycles. The van der Waals surface area contributed by atoms with Crippen LogP contribution in [0.25, 0.3) is 0 Å². The molecule has 1 amide bonds. The van der Waals surface area contributed by atoms with E-state index in [1.54, 1.807) is 12.1 Å². The number of nitrogens with one attached hydrogen (secondary N) is 1. The Labute approximate surface area is 136 Å². The molecule has 4 nitrogen and oxygen atoms in total. The lowest BCUT2D eigenvalue weighted by atomic mass is 10.1. The van der Waals surface area contributed by atoms with E-state index in [1.165, 1.54) is 5.56 Å². The van der Waals surface area contributed by atoms with Gasteiger partial charge in [0.25, 0.3) is 5.91 Å². The van der Waals surface area contributed by atoms with Crippen molar-refractivity contribution in [1.29, 1.82) is 0 Å². The van der Waals surface area contributed by atoms with Crippen molar-refractivity contribution in [3.05, 3.63) is 70.8 Å². The molecule has 0 unspecified atom stereocenters. The Morgan fingerprint density at radius 3 is 2.35 bits per heavy atom. The Kier molecular flexibility index (Phi) is 5.52. The van der Waals surface area contributed by atoms with Crippen molar-refractivity contribution in [2.75, 3.05) is 6.61 Å². The third-order valence-corrected chi connectivity index (χ3v) is 3.65. The van der Waals surface area contributed by atoms with Gasteiger partial charge in [-0.05, 0) is 38.0 Å². The van der Waals surface area contributed by atoms with Crippen LogP contribution in [0.3, 0.4) is 0 Å². The van der Waals surface area contributed by atoms with E-state index in [1.807, 2.05) is 57.2 Å². The van der Waals surface area contributed by atoms with Gasteiger partial charge in [-0.2, -0.15) is 0 Å². The normalized spacial score (nSPS) is 11.6. The van der Waals surface area contributed by atoms with Gasteiger partial charge in [0.05, 0.1) is 11.6 Å². The number of aryl methyl sites for hydroxylation is 2. The van der Waals surface area contributed by atoms with Gasteiger partial charge in [0.2, 0.25) is 0 Å². The fraction of sp³-hybridized carbons (Fsp3) is 0.263. The second-order valence-electron chi connectivity index (χ2n) is 5.59. The fourth-order valence-corrected chi connectivity index (χ4v) is 2.23. The van der Waals surface area contributed by atoms with Crippen LogP contribution in [0.15, 0.2) is 48.5 Å². The zero-order chi connectivity index (χ0) is 16.8. The summed E-state index contributed by atoms with van der Waals surface area (Å²) in [5.74, 6) is -0.804. The molecule has 0 saturated heterocycles. The largest absolute Gasteiger partial charge is 0.452 e. The van der Waals surface area contributed by atoms with Crippen LogP contribution in [-0.4, -0.2) is 18.5 Å². The molecule has 0 bridgehead atoms. The highest BCUT2D eigenvalue weighted by atomic mass is 16.5. The highest BCUT2D eigenvalue weighted by molar-refractivity contribution is 5.92. The third kappa shape index (κ3) is 4.68. The van der Waals surface area contributed by atoms with Gasteiger partial charge in [-0.3, -0.25) is 4.79 Å². The van der Waals surface area contributed by atoms with Gasteiger partial charge in [0.1, 0.15) is 0 Å². The summed E-state index contributed by atoms with van der Waals surface area (Å²) in [6.45, 7) is 5.45. The molecule has 0 aliphatic rings. The van der Waals surface area contributed by atoms with E-state index in [-0.39, 0.29) is 18.6 Å². The summed E-state index contributed by atoms with van der Waals surface area (Å²) >= 11 is 0. The van der Waals surface area contributed by atoms with Crippen LogP contribution < -0.4 is 5.32 Å². The monoisotopic (exact) mass is 311 g/mol. The predicted molar refractivity (Wildman–Crippen MR) is 89.2 cm³/mol. The first-order valence-electron chi connectivity index (χ1n) is 7.56. The zero-order valence-corrected chi connectivity index (χ0v) is 13.6. The Morgan fingerprint density at radius 2 is 1.70 bits per heavy atom. The Bertz CT molecular complexity index is 692. The summed E-state index contributed by atoms with van der Waals surface area (Å²) in [5, 5.41) is 2.82. The van der Waals surface area contributed by atoms with Crippen molar-refractivity contribution in [2.45, 2.75) is 26.8 Å². The Hall–Kier alpha value is -2.62. The van der Waals surface area contributed by atoms with E-state index in [2.05, 4.69) is 5.32 Å². The number of hydrogen-bond acceptors (Lipinski definition) is 3. The van der Waals surface area contributed by atoms with Crippen LogP contribution in [0, 0.1) is 13.8 Å². The van der Waals surface area contributed by atoms with Gasteiger partial charge in [0, 0.05) is 0 Å². The van der Waals surface area contributed by atoms with Gasteiger partial charge < -0.3 is 10.1 Å². The second-order valence-corrected chi connectivity index (χ2v) is 5.59. The molecule has 4 heteroatoms. The summed E-state index contributed by atoms with van der Waals surface area (Å²) in [4.78, 5) is 23.9. The maximum Gasteiger partial charge on any atom is 0.338 e. The van der Waals surface area contributed by atoms with Crippen LogP contribution in [0.2, 0.25) is 0 Å². The Balaban J connectivity index is 1.86. The highest BCUT2D eigenvalue weighted by Gasteiger charge is 2.14. The van der Waals surface area contributed by atoms with Crippen LogP contribution in [-0.2, 0) is 9.53 Å². The molecule has 0 spiro atoms. The molecule has 2 aromatic carbocycles. The lowest BCUT2D eigenvalue weighted by Crippen LogP contribution is -2.31. The van der Waals surface area contributed by atoms with E-state index in [4.69, 9.17) is 4.74 Å². The minimum Gasteiger partial charge on any atom is -0.452 e. The van der Waals surface area contributed by atoms with E-state index >= 15 is 0 Å². The summed E-state index contributed by atoms with van der Waals surface area (Å²) in [5.41, 5.74) is 3.48. The lowest BCUT2D eigenvalue weighted by molar-refractivity contribution is -0.124. The summed E-state index contributed by atoms with van der Waals surface area (Å²) in [6, 6.07) is 14.9. The standard InChI is InChI=1S/C19H21NO3/c1-13-8-10-16(11-9-13)15(3)20-18(21)12-23-19(22)17-7-5-4-6-14(17)2/h4-11,15H,12H2,1-3H3,(H,20,21)/t15-/m1/s1. The maximum atomic E-state index is 12.0. The van der Waals surface area contributed by atoms with Crippen LogP contribution >= 0.6 is 0 Å². The molecule has 23 heavy (non-hydrogen) atoms. The quantitative estimate of drug-likeness (QED) is 0.862. The first-order chi connectivity index (χ1) is 11.0. The zero-order valence-electron chi connectivity index (χ0n) is 13.6. The van der Waals surface area contributed by atoms with Crippen molar-refractivity contribution in [3.8, 4) is 0 Å². The molecule has 1 N–H and O–H groups in total. The number of benzene rings is 2. The minimum absolute atomic E-state index is 0.139. The average Bonchev–Trinajstić information content (AvgIpc) is 2.53. The molecule has 0 radical (unpaired) electrons. The topological polar surface area (TPSA) is 55.4 Å². The first-order valence-corrected chi connectivity index (χ1v) is 7.56. The van der Waals surface area contributed by atoms with Crippen LogP contribution in [0.5, 0.6) is 0 Å². The van der Waals surface area contributed by atoms with Gasteiger partial charge in [-0.25, -0.2) is 4.79 Å². The van der Waals surface area contributed by atoms with Crippen molar-refractivity contribution < 1.29 is 14.3 Å². The summed E-state index contributed by atoms with van der Waals surface area (Å²) < 4.78 is 5.08. The predicted octanol–water partition coefficient (Wildman–Crippen LogP) is 3.34. The number of carbonyl (C=O) groups is 2. The smallest absolute Gasteiger partial charge is 0.338 e. The third-order valence-electron chi connectivity index (χ3n) is 3.65. The molecular weight excluding hydrogens is 290 g/mol. The first kappa shape index (κ1) is 16.7. The molecule has 0 fully saturated rings. The van der Waals surface area contributed by atoms with Gasteiger partial charge in [-0.15, -0.1) is 0 Å². The van der Waals surface area contributed by atoms with Gasteiger partial charge in [-0.1, -0.05) is 48.0 Å². The van der Waals surface area contributed by atoms with E-state index in [9.17, 15) is 9.59 Å². The molecule has 2 rings (SSSR count). The Morgan fingerprint density at radius 1 is 1.04 bits per heavy atom. The van der Waals surface area contributed by atoms with Crippen LogP contribution in [0.1, 0.15) is 40.0 Å². The highest BCUT2D eigenvalue weighted by Crippen LogP contribution is 2.13.